The summed E-state index contributed by atoms with van der Waals surface area (Å²) in [4.78, 5) is 0.0512. The molecule has 1 unspecified atom stereocenters. The van der Waals surface area contributed by atoms with Gasteiger partial charge in [0.05, 0.1) is 4.90 Å². The van der Waals surface area contributed by atoms with E-state index in [1.54, 1.807) is 6.92 Å². The highest BCUT2D eigenvalue weighted by Gasteiger charge is 2.18. The van der Waals surface area contributed by atoms with Gasteiger partial charge in [-0.15, -0.1) is 0 Å². The van der Waals surface area contributed by atoms with E-state index in [-0.39, 0.29) is 16.7 Å². The van der Waals surface area contributed by atoms with E-state index < -0.39 is 10.0 Å². The second kappa shape index (κ2) is 5.42. The van der Waals surface area contributed by atoms with Gasteiger partial charge >= 0.3 is 0 Å². The molecule has 100 valence electrons. The first-order valence-electron chi connectivity index (χ1n) is 5.85. The maximum absolute atomic E-state index is 12.1. The lowest BCUT2D eigenvalue weighted by Gasteiger charge is -2.14. The highest BCUT2D eigenvalue weighted by molar-refractivity contribution is 7.89. The van der Waals surface area contributed by atoms with Crippen LogP contribution in [-0.4, -0.2) is 13.5 Å². The van der Waals surface area contributed by atoms with Crippen LogP contribution in [0.1, 0.15) is 18.5 Å². The van der Waals surface area contributed by atoms with E-state index in [9.17, 15) is 13.5 Å². The van der Waals surface area contributed by atoms with Gasteiger partial charge in [0.2, 0.25) is 10.0 Å². The van der Waals surface area contributed by atoms with Crippen molar-refractivity contribution >= 4 is 10.0 Å². The topological polar surface area (TPSA) is 66.4 Å². The van der Waals surface area contributed by atoms with Crippen molar-refractivity contribution in [2.75, 3.05) is 0 Å². The number of phenolic OH excluding ortho intramolecular Hbond substituents is 1. The van der Waals surface area contributed by atoms with E-state index in [0.717, 1.165) is 5.56 Å². The monoisotopic (exact) mass is 277 g/mol. The van der Waals surface area contributed by atoms with E-state index in [2.05, 4.69) is 4.72 Å². The maximum Gasteiger partial charge on any atom is 0.241 e. The van der Waals surface area contributed by atoms with Crippen LogP contribution in [0.15, 0.2) is 59.5 Å². The van der Waals surface area contributed by atoms with Crippen LogP contribution in [0.3, 0.4) is 0 Å². The van der Waals surface area contributed by atoms with Crippen molar-refractivity contribution in [3.05, 3.63) is 60.2 Å². The van der Waals surface area contributed by atoms with Crippen molar-refractivity contribution in [1.82, 2.24) is 4.72 Å². The van der Waals surface area contributed by atoms with Crippen LogP contribution in [-0.2, 0) is 10.0 Å². The van der Waals surface area contributed by atoms with Crippen molar-refractivity contribution in [1.29, 1.82) is 0 Å². The van der Waals surface area contributed by atoms with Crippen LogP contribution in [0, 0.1) is 0 Å². The molecule has 0 heterocycles. The summed E-state index contributed by atoms with van der Waals surface area (Å²) in [5, 5.41) is 9.34. The molecule has 5 heteroatoms. The fraction of sp³-hybridized carbons (Fsp3) is 0.143. The second-order valence-corrected chi connectivity index (χ2v) is 5.96. The molecule has 2 aromatic rings. The largest absolute Gasteiger partial charge is 0.508 e. The zero-order valence-electron chi connectivity index (χ0n) is 10.4. The molecule has 0 fully saturated rings. The Hall–Kier alpha value is -1.85. The Morgan fingerprint density at radius 2 is 1.74 bits per heavy atom. The number of sulfonamides is 1. The Morgan fingerprint density at radius 1 is 1.05 bits per heavy atom. The van der Waals surface area contributed by atoms with Gasteiger partial charge in [-0.3, -0.25) is 0 Å². The number of phenols is 1. The summed E-state index contributed by atoms with van der Waals surface area (Å²) >= 11 is 0. The minimum Gasteiger partial charge on any atom is -0.508 e. The van der Waals surface area contributed by atoms with Gasteiger partial charge < -0.3 is 5.11 Å². The first kappa shape index (κ1) is 13.6. The molecule has 2 rings (SSSR count). The molecule has 0 aromatic heterocycles. The first-order valence-corrected chi connectivity index (χ1v) is 7.34. The molecule has 0 radical (unpaired) electrons. The molecule has 0 amide bonds. The van der Waals surface area contributed by atoms with Crippen LogP contribution in [0.25, 0.3) is 0 Å². The third-order valence-electron chi connectivity index (χ3n) is 2.76. The molecule has 4 nitrogen and oxygen atoms in total. The molecular formula is C14H15NO3S. The Morgan fingerprint density at radius 3 is 2.37 bits per heavy atom. The molecule has 0 saturated carbocycles. The normalized spacial score (nSPS) is 13.1. The highest BCUT2D eigenvalue weighted by Crippen LogP contribution is 2.19. The van der Waals surface area contributed by atoms with Crippen LogP contribution < -0.4 is 4.72 Å². The van der Waals surface area contributed by atoms with Crippen LogP contribution in [0.2, 0.25) is 0 Å². The molecule has 19 heavy (non-hydrogen) atoms. The zero-order valence-corrected chi connectivity index (χ0v) is 11.3. The second-order valence-electron chi connectivity index (χ2n) is 4.25. The number of nitrogens with one attached hydrogen (secondary N) is 1. The first-order chi connectivity index (χ1) is 8.99. The summed E-state index contributed by atoms with van der Waals surface area (Å²) in [6, 6.07) is 14.6. The molecule has 2 aromatic carbocycles. The lowest BCUT2D eigenvalue weighted by molar-refractivity contribution is 0.473. The smallest absolute Gasteiger partial charge is 0.241 e. The molecule has 0 aliphatic carbocycles. The molecular weight excluding hydrogens is 262 g/mol. The van der Waals surface area contributed by atoms with Crippen LogP contribution in [0.4, 0.5) is 0 Å². The summed E-state index contributed by atoms with van der Waals surface area (Å²) < 4.78 is 26.9. The zero-order chi connectivity index (χ0) is 13.9. The molecule has 0 saturated heterocycles. The van der Waals surface area contributed by atoms with Crippen LogP contribution in [0.5, 0.6) is 5.75 Å². The average Bonchev–Trinajstić information content (AvgIpc) is 2.39. The standard InChI is InChI=1S/C14H15NO3S/c1-11(12-6-3-2-4-7-12)15-19(17,18)14-9-5-8-13(16)10-14/h2-11,15-16H,1H3. The SMILES string of the molecule is CC(NS(=O)(=O)c1cccc(O)c1)c1ccccc1. The van der Waals surface area contributed by atoms with Crippen molar-refractivity contribution in [2.45, 2.75) is 17.9 Å². The number of hydrogen-bond donors (Lipinski definition) is 2. The van der Waals surface area contributed by atoms with Gasteiger partial charge in [0.15, 0.2) is 0 Å². The van der Waals surface area contributed by atoms with Crippen molar-refractivity contribution in [3.8, 4) is 5.75 Å². The van der Waals surface area contributed by atoms with Crippen molar-refractivity contribution in [2.24, 2.45) is 0 Å². The Kier molecular flexibility index (Phi) is 3.87. The minimum atomic E-state index is -3.64. The molecule has 2 N–H and O–H groups in total. The lowest BCUT2D eigenvalue weighted by atomic mass is 10.1. The Bertz CT molecular complexity index is 653. The third kappa shape index (κ3) is 3.33. The maximum atomic E-state index is 12.1. The van der Waals surface area contributed by atoms with Gasteiger partial charge in [-0.25, -0.2) is 13.1 Å². The number of benzene rings is 2. The van der Waals surface area contributed by atoms with E-state index >= 15 is 0 Å². The average molecular weight is 277 g/mol. The lowest BCUT2D eigenvalue weighted by Crippen LogP contribution is -2.26. The van der Waals surface area contributed by atoms with Crippen molar-refractivity contribution in [3.63, 3.8) is 0 Å². The molecule has 0 bridgehead atoms. The predicted octanol–water partition coefficient (Wildman–Crippen LogP) is 2.43. The molecule has 0 spiro atoms. The van der Waals surface area contributed by atoms with Gasteiger partial charge in [-0.05, 0) is 30.7 Å². The van der Waals surface area contributed by atoms with E-state index in [1.807, 2.05) is 30.3 Å². The number of rotatable bonds is 4. The van der Waals surface area contributed by atoms with Crippen LogP contribution >= 0.6 is 0 Å². The number of aromatic hydroxyl groups is 1. The molecule has 1 atom stereocenters. The quantitative estimate of drug-likeness (QED) is 0.902. The van der Waals surface area contributed by atoms with Gasteiger partial charge in [0.25, 0.3) is 0 Å². The fourth-order valence-electron chi connectivity index (χ4n) is 1.76. The molecule has 0 aliphatic heterocycles. The van der Waals surface area contributed by atoms with E-state index in [1.165, 1.54) is 24.3 Å². The third-order valence-corrected chi connectivity index (χ3v) is 4.30. The predicted molar refractivity (Wildman–Crippen MR) is 73.3 cm³/mol. The summed E-state index contributed by atoms with van der Waals surface area (Å²) in [5.74, 6) is -0.0739. The Labute approximate surface area is 112 Å². The highest BCUT2D eigenvalue weighted by atomic mass is 32.2. The van der Waals surface area contributed by atoms with E-state index in [4.69, 9.17) is 0 Å². The summed E-state index contributed by atoms with van der Waals surface area (Å²) in [7, 11) is -3.64. The summed E-state index contributed by atoms with van der Waals surface area (Å²) in [6.45, 7) is 1.77. The van der Waals surface area contributed by atoms with Gasteiger partial charge in [0.1, 0.15) is 5.75 Å². The van der Waals surface area contributed by atoms with E-state index in [0.29, 0.717) is 0 Å². The fourth-order valence-corrected chi connectivity index (χ4v) is 3.03. The van der Waals surface area contributed by atoms with Gasteiger partial charge in [-0.1, -0.05) is 36.4 Å². The molecule has 0 aliphatic rings. The van der Waals surface area contributed by atoms with Gasteiger partial charge in [0, 0.05) is 6.04 Å². The minimum absolute atomic E-state index is 0.0512. The van der Waals surface area contributed by atoms with Crippen molar-refractivity contribution < 1.29 is 13.5 Å². The summed E-state index contributed by atoms with van der Waals surface area (Å²) in [5.41, 5.74) is 0.881. The summed E-state index contributed by atoms with van der Waals surface area (Å²) in [6.07, 6.45) is 0. The Balaban J connectivity index is 2.23. The number of hydrogen-bond acceptors (Lipinski definition) is 3. The van der Waals surface area contributed by atoms with Gasteiger partial charge in [-0.2, -0.15) is 0 Å².